The van der Waals surface area contributed by atoms with E-state index in [1.807, 2.05) is 0 Å². The zero-order valence-electron chi connectivity index (χ0n) is 10.7. The monoisotopic (exact) mass is 264 g/mol. The molecule has 6 nitrogen and oxygen atoms in total. The number of aliphatic hydroxyl groups is 1. The van der Waals surface area contributed by atoms with Crippen molar-refractivity contribution in [2.24, 2.45) is 0 Å². The van der Waals surface area contributed by atoms with Crippen molar-refractivity contribution in [1.82, 2.24) is 0 Å². The van der Waals surface area contributed by atoms with Gasteiger partial charge in [-0.3, -0.25) is 14.9 Å². The maximum atomic E-state index is 11.3. The van der Waals surface area contributed by atoms with Gasteiger partial charge in [-0.15, -0.1) is 0 Å². The number of β-amino-alcohol motifs (C(OH)–C–C–N with tert-alkyl or cyclic N) is 1. The van der Waals surface area contributed by atoms with Crippen LogP contribution in [0.15, 0.2) is 18.2 Å². The fourth-order valence-corrected chi connectivity index (χ4v) is 2.33. The maximum absolute atomic E-state index is 11.3. The Morgan fingerprint density at radius 2 is 2.26 bits per heavy atom. The molecule has 0 radical (unpaired) electrons. The molecule has 1 aliphatic rings. The second kappa shape index (κ2) is 5.36. The summed E-state index contributed by atoms with van der Waals surface area (Å²) < 4.78 is 0. The number of hydrogen-bond acceptors (Lipinski definition) is 5. The summed E-state index contributed by atoms with van der Waals surface area (Å²) in [6.07, 6.45) is 1.06. The van der Waals surface area contributed by atoms with Crippen molar-refractivity contribution in [2.45, 2.75) is 25.9 Å². The van der Waals surface area contributed by atoms with Gasteiger partial charge in [-0.05, 0) is 31.9 Å². The van der Waals surface area contributed by atoms with E-state index in [0.717, 1.165) is 12.8 Å². The number of nitro benzene ring substituents is 1. The number of ketones is 1. The fraction of sp³-hybridized carbons (Fsp3) is 0.462. The van der Waals surface area contributed by atoms with Crippen LogP contribution in [0.5, 0.6) is 0 Å². The van der Waals surface area contributed by atoms with Crippen LogP contribution in [0.25, 0.3) is 0 Å². The van der Waals surface area contributed by atoms with Gasteiger partial charge in [0.1, 0.15) is 5.69 Å². The zero-order chi connectivity index (χ0) is 14.0. The summed E-state index contributed by atoms with van der Waals surface area (Å²) in [5, 5.41) is 20.8. The van der Waals surface area contributed by atoms with Crippen LogP contribution in [-0.4, -0.2) is 35.0 Å². The molecule has 102 valence electrons. The first-order chi connectivity index (χ1) is 8.99. The Balaban J connectivity index is 2.38. The number of carbonyl (C=O) groups excluding carboxylic acids is 1. The highest BCUT2D eigenvalue weighted by molar-refractivity contribution is 5.95. The summed E-state index contributed by atoms with van der Waals surface area (Å²) >= 11 is 0. The van der Waals surface area contributed by atoms with Gasteiger partial charge in [0, 0.05) is 24.7 Å². The molecule has 1 aliphatic heterocycles. The van der Waals surface area contributed by atoms with E-state index in [2.05, 4.69) is 0 Å². The van der Waals surface area contributed by atoms with Crippen LogP contribution in [0.1, 0.15) is 30.1 Å². The predicted octanol–water partition coefficient (Wildman–Crippen LogP) is 1.76. The van der Waals surface area contributed by atoms with Gasteiger partial charge in [0.15, 0.2) is 5.78 Å². The zero-order valence-corrected chi connectivity index (χ0v) is 10.7. The van der Waals surface area contributed by atoms with E-state index in [4.69, 9.17) is 0 Å². The molecule has 0 saturated carbocycles. The molecule has 19 heavy (non-hydrogen) atoms. The minimum Gasteiger partial charge on any atom is -0.391 e. The quantitative estimate of drug-likeness (QED) is 0.511. The summed E-state index contributed by atoms with van der Waals surface area (Å²) in [6, 6.07) is 4.48. The smallest absolute Gasteiger partial charge is 0.293 e. The number of nitrogens with zero attached hydrogens (tertiary/aromatic N) is 2. The van der Waals surface area contributed by atoms with Crippen molar-refractivity contribution in [3.63, 3.8) is 0 Å². The van der Waals surface area contributed by atoms with Crippen molar-refractivity contribution in [3.8, 4) is 0 Å². The molecule has 0 bridgehead atoms. The van der Waals surface area contributed by atoms with Gasteiger partial charge in [0.2, 0.25) is 0 Å². The molecule has 1 N–H and O–H groups in total. The molecular weight excluding hydrogens is 248 g/mol. The summed E-state index contributed by atoms with van der Waals surface area (Å²) in [5.41, 5.74) is 0.712. The van der Waals surface area contributed by atoms with Crippen LogP contribution < -0.4 is 4.90 Å². The summed E-state index contributed by atoms with van der Waals surface area (Å²) in [4.78, 5) is 23.7. The van der Waals surface area contributed by atoms with E-state index in [9.17, 15) is 20.0 Å². The highest BCUT2D eigenvalue weighted by Gasteiger charge is 2.25. The molecule has 0 amide bonds. The summed E-state index contributed by atoms with van der Waals surface area (Å²) in [5.74, 6) is -0.201. The van der Waals surface area contributed by atoms with Gasteiger partial charge in [-0.1, -0.05) is 0 Å². The first-order valence-corrected chi connectivity index (χ1v) is 6.21. The Kier molecular flexibility index (Phi) is 3.80. The molecule has 1 saturated heterocycles. The third-order valence-corrected chi connectivity index (χ3v) is 3.32. The van der Waals surface area contributed by atoms with E-state index in [-0.39, 0.29) is 11.5 Å². The molecule has 2 rings (SSSR count). The van der Waals surface area contributed by atoms with E-state index < -0.39 is 11.0 Å². The number of Topliss-reactive ketones (excluding diaryl/α,β-unsaturated/α-hetero) is 1. The van der Waals surface area contributed by atoms with Crippen LogP contribution in [0.2, 0.25) is 0 Å². The van der Waals surface area contributed by atoms with Crippen molar-refractivity contribution >= 4 is 17.2 Å². The van der Waals surface area contributed by atoms with Crippen LogP contribution in [-0.2, 0) is 0 Å². The first-order valence-electron chi connectivity index (χ1n) is 6.21. The van der Waals surface area contributed by atoms with Crippen molar-refractivity contribution < 1.29 is 14.8 Å². The third kappa shape index (κ3) is 2.90. The van der Waals surface area contributed by atoms with Crippen LogP contribution in [0.4, 0.5) is 11.4 Å². The normalized spacial score (nSPS) is 19.3. The van der Waals surface area contributed by atoms with Gasteiger partial charge >= 0.3 is 0 Å². The number of anilines is 1. The van der Waals surface area contributed by atoms with E-state index in [0.29, 0.717) is 24.3 Å². The Bertz CT molecular complexity index is 515. The average Bonchev–Trinajstić information content (AvgIpc) is 2.37. The van der Waals surface area contributed by atoms with Crippen molar-refractivity contribution in [1.29, 1.82) is 0 Å². The van der Waals surface area contributed by atoms with E-state index in [1.165, 1.54) is 13.0 Å². The largest absolute Gasteiger partial charge is 0.391 e. The molecule has 0 aliphatic carbocycles. The molecule has 1 atom stereocenters. The molecule has 0 unspecified atom stereocenters. The molecule has 1 fully saturated rings. The van der Waals surface area contributed by atoms with Gasteiger partial charge < -0.3 is 10.0 Å². The van der Waals surface area contributed by atoms with Crippen LogP contribution in [0.3, 0.4) is 0 Å². The molecule has 0 spiro atoms. The van der Waals surface area contributed by atoms with Gasteiger partial charge in [-0.25, -0.2) is 0 Å². The summed E-state index contributed by atoms with van der Waals surface area (Å²) in [6.45, 7) is 2.45. The fourth-order valence-electron chi connectivity index (χ4n) is 2.33. The molecule has 1 heterocycles. The Morgan fingerprint density at radius 3 is 2.84 bits per heavy atom. The van der Waals surface area contributed by atoms with Crippen molar-refractivity contribution in [3.05, 3.63) is 33.9 Å². The second-order valence-corrected chi connectivity index (χ2v) is 4.76. The molecular formula is C13H16N2O4. The Morgan fingerprint density at radius 1 is 1.53 bits per heavy atom. The average molecular weight is 264 g/mol. The Labute approximate surface area is 110 Å². The van der Waals surface area contributed by atoms with Crippen LogP contribution >= 0.6 is 0 Å². The minimum absolute atomic E-state index is 0.0817. The second-order valence-electron chi connectivity index (χ2n) is 4.76. The SMILES string of the molecule is CC(=O)c1ccc(N2CCC[C@H](O)C2)c([N+](=O)[O-])c1. The molecule has 1 aromatic carbocycles. The third-order valence-electron chi connectivity index (χ3n) is 3.32. The topological polar surface area (TPSA) is 83.7 Å². The number of benzene rings is 1. The highest BCUT2D eigenvalue weighted by Crippen LogP contribution is 2.31. The minimum atomic E-state index is -0.483. The number of hydrogen-bond donors (Lipinski definition) is 1. The van der Waals surface area contributed by atoms with Crippen molar-refractivity contribution in [2.75, 3.05) is 18.0 Å². The maximum Gasteiger partial charge on any atom is 0.293 e. The lowest BCUT2D eigenvalue weighted by Crippen LogP contribution is -2.38. The lowest BCUT2D eigenvalue weighted by Gasteiger charge is -2.31. The Hall–Kier alpha value is -1.95. The van der Waals surface area contributed by atoms with Crippen LogP contribution in [0, 0.1) is 10.1 Å². The van der Waals surface area contributed by atoms with Gasteiger partial charge in [-0.2, -0.15) is 0 Å². The van der Waals surface area contributed by atoms with E-state index >= 15 is 0 Å². The number of carbonyl (C=O) groups is 1. The number of aliphatic hydroxyl groups excluding tert-OH is 1. The highest BCUT2D eigenvalue weighted by atomic mass is 16.6. The lowest BCUT2D eigenvalue weighted by molar-refractivity contribution is -0.384. The molecule has 1 aromatic rings. The van der Waals surface area contributed by atoms with E-state index in [1.54, 1.807) is 17.0 Å². The number of nitro groups is 1. The lowest BCUT2D eigenvalue weighted by atomic mass is 10.1. The number of piperidine rings is 1. The summed E-state index contributed by atoms with van der Waals surface area (Å²) in [7, 11) is 0. The number of rotatable bonds is 3. The molecule has 0 aromatic heterocycles. The standard InChI is InChI=1S/C13H16N2O4/c1-9(16)10-4-5-12(13(7-10)15(18)19)14-6-2-3-11(17)8-14/h4-5,7,11,17H,2-3,6,8H2,1H3/t11-/m0/s1. The first kappa shape index (κ1) is 13.5. The van der Waals surface area contributed by atoms with Gasteiger partial charge in [0.25, 0.3) is 5.69 Å². The van der Waals surface area contributed by atoms with Gasteiger partial charge in [0.05, 0.1) is 11.0 Å². The molecule has 6 heteroatoms. The predicted molar refractivity (Wildman–Crippen MR) is 70.6 cm³/mol.